The summed E-state index contributed by atoms with van der Waals surface area (Å²) in [5, 5.41) is 0. The number of ketones is 2. The lowest BCUT2D eigenvalue weighted by molar-refractivity contribution is -0.145. The number of carbonyl (C=O) groups is 5. The number of hydrogen-bond acceptors (Lipinski definition) is 11. The molecule has 0 radical (unpaired) electrons. The normalized spacial score (nSPS) is 12.4. The van der Waals surface area contributed by atoms with Crippen molar-refractivity contribution in [3.05, 3.63) is 108 Å². The maximum atomic E-state index is 13.4. The van der Waals surface area contributed by atoms with Crippen molar-refractivity contribution < 1.29 is 51.8 Å². The second-order valence-electron chi connectivity index (χ2n) is 8.39. The first-order valence-corrected chi connectivity index (χ1v) is 13.9. The molecule has 0 aliphatic heterocycles. The molecule has 0 aliphatic carbocycles. The summed E-state index contributed by atoms with van der Waals surface area (Å²) in [6, 6.07) is 22.8. The van der Waals surface area contributed by atoms with Crippen LogP contribution in [0.5, 0.6) is 0 Å². The van der Waals surface area contributed by atoms with Gasteiger partial charge in [0.05, 0.1) is 16.7 Å². The van der Waals surface area contributed by atoms with Crippen LogP contribution >= 0.6 is 7.60 Å². The average molecular weight is 582 g/mol. The number of rotatable bonds is 14. The lowest BCUT2D eigenvalue weighted by atomic mass is 10.1. The van der Waals surface area contributed by atoms with E-state index in [4.69, 9.17) is 23.3 Å². The Morgan fingerprint density at radius 3 is 1.34 bits per heavy atom. The van der Waals surface area contributed by atoms with Crippen LogP contribution < -0.4 is 0 Å². The molecule has 0 N–H and O–H groups in total. The van der Waals surface area contributed by atoms with Crippen LogP contribution in [-0.4, -0.2) is 68.7 Å². The van der Waals surface area contributed by atoms with Gasteiger partial charge in [-0.1, -0.05) is 54.6 Å². The van der Waals surface area contributed by atoms with Crippen LogP contribution in [0.2, 0.25) is 0 Å². The third kappa shape index (κ3) is 8.77. The molecular weight excluding hydrogens is 555 g/mol. The van der Waals surface area contributed by atoms with Crippen molar-refractivity contribution in [2.75, 3.05) is 27.0 Å². The van der Waals surface area contributed by atoms with Gasteiger partial charge < -0.3 is 23.3 Å². The number of Topliss-reactive ketones (excluding diaryl/α,β-unsaturated/α-hetero) is 2. The Morgan fingerprint density at radius 1 is 0.585 bits per heavy atom. The van der Waals surface area contributed by atoms with Crippen LogP contribution in [0.25, 0.3) is 0 Å². The van der Waals surface area contributed by atoms with E-state index in [1.54, 1.807) is 54.6 Å². The van der Waals surface area contributed by atoms with Gasteiger partial charge in [0.15, 0.2) is 12.4 Å². The van der Waals surface area contributed by atoms with Crippen molar-refractivity contribution in [3.8, 4) is 0 Å². The summed E-state index contributed by atoms with van der Waals surface area (Å²) in [6.45, 7) is -0.945. The highest BCUT2D eigenvalue weighted by Crippen LogP contribution is 2.46. The monoisotopic (exact) mass is 582 g/mol. The summed E-state index contributed by atoms with van der Waals surface area (Å²) in [6.07, 6.45) is -5.12. The van der Waals surface area contributed by atoms with Gasteiger partial charge in [-0.2, -0.15) is 0 Å². The Bertz CT molecular complexity index is 1400. The highest BCUT2D eigenvalue weighted by atomic mass is 31.2. The quantitative estimate of drug-likeness (QED) is 0.155. The molecule has 11 nitrogen and oxygen atoms in total. The van der Waals surface area contributed by atoms with Gasteiger partial charge in [-0.05, 0) is 36.4 Å². The largest absolute Gasteiger partial charge is 0.454 e. The molecule has 0 heterocycles. The molecule has 3 aromatic carbocycles. The fourth-order valence-corrected chi connectivity index (χ4v) is 4.44. The smallest absolute Gasteiger partial charge is 0.338 e. The van der Waals surface area contributed by atoms with Crippen molar-refractivity contribution in [1.82, 2.24) is 0 Å². The van der Waals surface area contributed by atoms with Gasteiger partial charge in [0.1, 0.15) is 6.16 Å². The molecule has 0 aliphatic rings. The molecule has 1 unspecified atom stereocenters. The molecule has 3 rings (SSSR count). The molecule has 12 heteroatoms. The molecule has 0 saturated carbocycles. The lowest BCUT2D eigenvalue weighted by Gasteiger charge is -2.26. The molecule has 214 valence electrons. The number of hydrogen-bond donors (Lipinski definition) is 0. The van der Waals surface area contributed by atoms with E-state index in [1.165, 1.54) is 36.4 Å². The van der Waals surface area contributed by atoms with E-state index in [1.807, 2.05) is 0 Å². The van der Waals surface area contributed by atoms with E-state index in [-0.39, 0.29) is 16.7 Å². The van der Waals surface area contributed by atoms with Gasteiger partial charge in [0, 0.05) is 14.2 Å². The summed E-state index contributed by atoms with van der Waals surface area (Å²) < 4.78 is 38.3. The molecule has 2 atom stereocenters. The lowest BCUT2D eigenvalue weighted by Crippen LogP contribution is -2.48. The first-order valence-electron chi connectivity index (χ1n) is 12.2. The molecule has 0 aromatic heterocycles. The van der Waals surface area contributed by atoms with Crippen molar-refractivity contribution in [2.45, 2.75) is 12.2 Å². The second kappa shape index (κ2) is 14.8. The van der Waals surface area contributed by atoms with Crippen molar-refractivity contribution in [2.24, 2.45) is 0 Å². The Labute approximate surface area is 235 Å². The molecular formula is C29H27O11P. The topological polar surface area (TPSA) is 149 Å². The number of esters is 3. The molecule has 0 amide bonds. The average Bonchev–Trinajstić information content (AvgIpc) is 3.02. The number of ether oxygens (including phenoxy) is 3. The minimum atomic E-state index is -4.02. The predicted molar refractivity (Wildman–Crippen MR) is 145 cm³/mol. The Balaban J connectivity index is 1.96. The van der Waals surface area contributed by atoms with Gasteiger partial charge in [-0.15, -0.1) is 0 Å². The standard InChI is InChI=1S/C29H27O11P/c1-36-41(35,37-2)19-24(31)26(40-29(34)22-16-10-5-11-17-22)25(39-28(33)21-14-8-4-9-15-21)23(30)18-38-27(32)20-12-6-3-7-13-20/h3-17,25-26H,18-19H2,1-2H3/t25-,26?/m0/s1. The van der Waals surface area contributed by atoms with Gasteiger partial charge >= 0.3 is 25.5 Å². The van der Waals surface area contributed by atoms with Gasteiger partial charge in [-0.3, -0.25) is 14.2 Å². The molecule has 0 saturated heterocycles. The first kappa shape index (κ1) is 31.1. The van der Waals surface area contributed by atoms with E-state index in [9.17, 15) is 28.5 Å². The minimum Gasteiger partial charge on any atom is -0.454 e. The van der Waals surface area contributed by atoms with Crippen LogP contribution in [0.4, 0.5) is 0 Å². The SMILES string of the molecule is COP(=O)(CC(=O)C(OC(=O)c1ccccc1)[C@@H](OC(=O)c1ccccc1)C(=O)COC(=O)c1ccccc1)OC. The molecule has 3 aromatic rings. The van der Waals surface area contributed by atoms with Crippen LogP contribution in [0, 0.1) is 0 Å². The van der Waals surface area contributed by atoms with Crippen LogP contribution in [0.15, 0.2) is 91.0 Å². The number of benzene rings is 3. The molecule has 0 spiro atoms. The van der Waals surface area contributed by atoms with E-state index in [0.717, 1.165) is 14.2 Å². The van der Waals surface area contributed by atoms with E-state index in [2.05, 4.69) is 0 Å². The summed E-state index contributed by atoms with van der Waals surface area (Å²) in [7, 11) is -1.93. The van der Waals surface area contributed by atoms with Crippen molar-refractivity contribution >= 4 is 37.1 Å². The zero-order valence-corrected chi connectivity index (χ0v) is 23.1. The molecule has 0 bridgehead atoms. The fourth-order valence-electron chi connectivity index (χ4n) is 3.47. The summed E-state index contributed by atoms with van der Waals surface area (Å²) >= 11 is 0. The van der Waals surface area contributed by atoms with Crippen LogP contribution in [-0.2, 0) is 37.4 Å². The zero-order valence-electron chi connectivity index (χ0n) is 22.2. The fraction of sp³-hybridized carbons (Fsp3) is 0.207. The predicted octanol–water partition coefficient (Wildman–Crippen LogP) is 3.92. The van der Waals surface area contributed by atoms with Crippen LogP contribution in [0.1, 0.15) is 31.1 Å². The third-order valence-corrected chi connectivity index (χ3v) is 7.47. The van der Waals surface area contributed by atoms with Gasteiger partial charge in [0.2, 0.25) is 18.0 Å². The second-order valence-corrected chi connectivity index (χ2v) is 10.7. The van der Waals surface area contributed by atoms with Crippen molar-refractivity contribution in [3.63, 3.8) is 0 Å². The third-order valence-electron chi connectivity index (χ3n) is 5.66. The summed E-state index contributed by atoms with van der Waals surface area (Å²) in [4.78, 5) is 65.2. The summed E-state index contributed by atoms with van der Waals surface area (Å²) in [5.41, 5.74) is 0.178. The Hall–Kier alpha value is -4.44. The van der Waals surface area contributed by atoms with Gasteiger partial charge in [-0.25, -0.2) is 14.4 Å². The van der Waals surface area contributed by atoms with E-state index >= 15 is 0 Å². The molecule has 41 heavy (non-hydrogen) atoms. The Kier molecular flexibility index (Phi) is 11.2. The van der Waals surface area contributed by atoms with Gasteiger partial charge in [0.25, 0.3) is 0 Å². The van der Waals surface area contributed by atoms with Crippen molar-refractivity contribution in [1.29, 1.82) is 0 Å². The first-order chi connectivity index (χ1) is 19.7. The summed E-state index contributed by atoms with van der Waals surface area (Å²) in [5.74, 6) is -5.12. The van der Waals surface area contributed by atoms with E-state index < -0.39 is 62.0 Å². The van der Waals surface area contributed by atoms with E-state index in [0.29, 0.717) is 0 Å². The van der Waals surface area contributed by atoms with Crippen LogP contribution in [0.3, 0.4) is 0 Å². The number of carbonyl (C=O) groups excluding carboxylic acids is 5. The Morgan fingerprint density at radius 2 is 0.951 bits per heavy atom. The minimum absolute atomic E-state index is 0.0167. The maximum Gasteiger partial charge on any atom is 0.338 e. The highest BCUT2D eigenvalue weighted by Gasteiger charge is 2.43. The molecule has 0 fully saturated rings. The highest BCUT2D eigenvalue weighted by molar-refractivity contribution is 7.54. The maximum absolute atomic E-state index is 13.4. The zero-order chi connectivity index (χ0) is 29.8.